The fraction of sp³-hybridized carbons (Fsp3) is 0.314. The number of sulfonamides is 1. The van der Waals surface area contributed by atoms with E-state index in [0.717, 1.165) is 56.0 Å². The van der Waals surface area contributed by atoms with Crippen LogP contribution in [0.5, 0.6) is 11.5 Å². The molecule has 0 spiro atoms. The number of nitrogens with zero attached hydrogens (tertiary/aromatic N) is 3. The zero-order valence-electron chi connectivity index (χ0n) is 38.8. The molecule has 14 nitrogen and oxygen atoms in total. The Kier molecular flexibility index (Phi) is 16.1. The van der Waals surface area contributed by atoms with Crippen LogP contribution in [0.25, 0.3) is 11.1 Å². The van der Waals surface area contributed by atoms with Crippen LogP contribution in [0, 0.1) is 41.0 Å². The number of phenols is 1. The number of aromatic hydroxyl groups is 1. The molecule has 1 N–H and O–H groups in total. The summed E-state index contributed by atoms with van der Waals surface area (Å²) in [7, 11) is -9.32. The molecule has 3 saturated carbocycles. The third-order valence-corrected chi connectivity index (χ3v) is 16.8. The molecule has 0 bridgehead atoms. The maximum absolute atomic E-state index is 15.5. The normalized spacial score (nSPS) is 16.0. The van der Waals surface area contributed by atoms with Crippen LogP contribution in [0.3, 0.4) is 0 Å². The van der Waals surface area contributed by atoms with Crippen LogP contribution < -0.4 is 9.04 Å². The van der Waals surface area contributed by atoms with Crippen molar-refractivity contribution in [2.45, 2.75) is 66.9 Å². The van der Waals surface area contributed by atoms with Gasteiger partial charge >= 0.3 is 5.97 Å². The number of amides is 3. The highest BCUT2D eigenvalue weighted by atomic mass is 35.5. The molecule has 2 aliphatic heterocycles. The summed E-state index contributed by atoms with van der Waals surface area (Å²) in [4.78, 5) is 63.3. The second-order valence-corrected chi connectivity index (χ2v) is 23.1. The SMILES string of the molecule is O=C(Cl)C1CC1.O=C(Oc1c(Cl)cc(C(=O)N2CCC2)cc1S(=O)(=O)N(C(=O)C1CC1)c1cc(-c2ccccc2)c(F)cc1F)C1CC1.O=C(c1cc(Cl)c(O)c(S(=O)(=O)Cc2ccc(F)cc2F)c1)N1CCC1. The number of likely N-dealkylation sites (tertiary alicyclic amines) is 2. The predicted octanol–water partition coefficient (Wildman–Crippen LogP) is 9.88. The summed E-state index contributed by atoms with van der Waals surface area (Å²) < 4.78 is 117. The molecule has 0 aromatic heterocycles. The minimum atomic E-state index is -5.08. The molecule has 5 aromatic carbocycles. The highest BCUT2D eigenvalue weighted by molar-refractivity contribution is 7.93. The standard InChI is InChI=1S/C30H25ClF2N2O6S.C17H14ClF2NO4S.C4H5ClO/c31-22-13-20(28(36)34-11-4-12-34)14-26(27(22)41-30(38)19-9-10-19)42(39,40)35(29(37)18-7-8-18)25-15-21(23(32)16-24(25)33)17-5-2-1-3-6-17;18-13-6-11(17(23)21-4-1-5-21)7-15(16(13)22)26(24,25)9-10-2-3-12(19)8-14(10)20;5-4(6)3-1-2-3/h1-3,5-6,13-16,18-19H,4,7-12H2;2-3,6-8,22H,1,4-5,9H2;3H,1-2H2. The number of sulfone groups is 1. The lowest BCUT2D eigenvalue weighted by Gasteiger charge is -2.31. The molecule has 3 aliphatic carbocycles. The second-order valence-electron chi connectivity index (χ2n) is 18.2. The molecular formula is C51H44Cl3F4N3O11S2. The number of carbonyl (C=O) groups excluding carboxylic acids is 5. The van der Waals surface area contributed by atoms with Gasteiger partial charge in [0.2, 0.25) is 11.1 Å². The lowest BCUT2D eigenvalue weighted by Crippen LogP contribution is -2.42. The van der Waals surface area contributed by atoms with Crippen LogP contribution in [0.15, 0.2) is 94.7 Å². The molecule has 3 amide bonds. The topological polar surface area (TPSA) is 193 Å². The van der Waals surface area contributed by atoms with E-state index in [-0.39, 0.29) is 47.8 Å². The van der Waals surface area contributed by atoms with E-state index in [9.17, 15) is 59.1 Å². The Morgan fingerprint density at radius 3 is 1.70 bits per heavy atom. The first kappa shape index (κ1) is 54.2. The van der Waals surface area contributed by atoms with Crippen LogP contribution in [0.4, 0.5) is 23.2 Å². The first-order valence-corrected chi connectivity index (χ1v) is 27.4. The highest BCUT2D eigenvalue weighted by Gasteiger charge is 2.44. The lowest BCUT2D eigenvalue weighted by molar-refractivity contribution is -0.136. The average molecular weight is 1120 g/mol. The molecule has 74 heavy (non-hydrogen) atoms. The Hall–Kier alpha value is -6.06. The van der Waals surface area contributed by atoms with Crippen molar-refractivity contribution in [2.75, 3.05) is 30.5 Å². The Morgan fingerprint density at radius 1 is 0.649 bits per heavy atom. The molecule has 10 rings (SSSR count). The zero-order valence-corrected chi connectivity index (χ0v) is 42.7. The monoisotopic (exact) mass is 1120 g/mol. The predicted molar refractivity (Wildman–Crippen MR) is 264 cm³/mol. The van der Waals surface area contributed by atoms with Gasteiger partial charge in [0.25, 0.3) is 21.8 Å². The summed E-state index contributed by atoms with van der Waals surface area (Å²) in [5.41, 5.74) is -0.852. The summed E-state index contributed by atoms with van der Waals surface area (Å²) in [5.74, 6) is -9.68. The van der Waals surface area contributed by atoms with E-state index in [1.54, 1.807) is 30.3 Å². The minimum Gasteiger partial charge on any atom is -0.505 e. The minimum absolute atomic E-state index is 0.0191. The molecule has 2 saturated heterocycles. The third-order valence-electron chi connectivity index (χ3n) is 12.5. The van der Waals surface area contributed by atoms with Gasteiger partial charge in [-0.2, -0.15) is 4.31 Å². The molecule has 0 radical (unpaired) electrons. The van der Waals surface area contributed by atoms with Gasteiger partial charge in [-0.3, -0.25) is 24.0 Å². The van der Waals surface area contributed by atoms with Crippen LogP contribution >= 0.6 is 34.8 Å². The summed E-state index contributed by atoms with van der Waals surface area (Å²) >= 11 is 17.4. The fourth-order valence-electron chi connectivity index (χ4n) is 7.55. The number of rotatable bonds is 13. The van der Waals surface area contributed by atoms with Gasteiger partial charge in [0.05, 0.1) is 27.4 Å². The van der Waals surface area contributed by atoms with E-state index in [1.165, 1.54) is 21.9 Å². The van der Waals surface area contributed by atoms with Crippen molar-refractivity contribution in [3.63, 3.8) is 0 Å². The highest BCUT2D eigenvalue weighted by Crippen LogP contribution is 2.44. The van der Waals surface area contributed by atoms with E-state index in [0.29, 0.717) is 69.6 Å². The van der Waals surface area contributed by atoms with E-state index in [2.05, 4.69) is 0 Å². The largest absolute Gasteiger partial charge is 0.505 e. The molecule has 390 valence electrons. The second kappa shape index (κ2) is 22.0. The van der Waals surface area contributed by atoms with Crippen molar-refractivity contribution in [1.29, 1.82) is 0 Å². The first-order valence-electron chi connectivity index (χ1n) is 23.2. The summed E-state index contributed by atoms with van der Waals surface area (Å²) in [6, 6.07) is 16.5. The Morgan fingerprint density at radius 2 is 1.20 bits per heavy atom. The summed E-state index contributed by atoms with van der Waals surface area (Å²) in [6.07, 6.45) is 5.52. The van der Waals surface area contributed by atoms with Crippen LogP contribution in [-0.2, 0) is 40.0 Å². The molecule has 23 heteroatoms. The maximum atomic E-state index is 15.5. The van der Waals surface area contributed by atoms with Crippen LogP contribution in [0.2, 0.25) is 10.0 Å². The smallest absolute Gasteiger partial charge is 0.314 e. The fourth-order valence-corrected chi connectivity index (χ4v) is 11.5. The molecular weight excluding hydrogens is 1080 g/mol. The van der Waals surface area contributed by atoms with Gasteiger partial charge in [-0.1, -0.05) is 59.6 Å². The number of benzene rings is 5. The van der Waals surface area contributed by atoms with Gasteiger partial charge in [-0.05, 0) is 105 Å². The summed E-state index contributed by atoms with van der Waals surface area (Å²) in [5, 5.41) is 9.26. The van der Waals surface area contributed by atoms with Crippen molar-refractivity contribution in [3.8, 4) is 22.6 Å². The van der Waals surface area contributed by atoms with Gasteiger partial charge in [0.15, 0.2) is 27.2 Å². The van der Waals surface area contributed by atoms with Gasteiger partial charge in [-0.15, -0.1) is 0 Å². The average Bonchev–Trinajstić information content (AvgIpc) is 4.13. The molecule has 0 atom stereocenters. The van der Waals surface area contributed by atoms with E-state index in [1.807, 2.05) is 0 Å². The van der Waals surface area contributed by atoms with Crippen molar-refractivity contribution in [3.05, 3.63) is 135 Å². The quantitative estimate of drug-likeness (QED) is 0.0511. The number of carbonyl (C=O) groups is 5. The van der Waals surface area contributed by atoms with Gasteiger partial charge in [0, 0.05) is 72.4 Å². The summed E-state index contributed by atoms with van der Waals surface area (Å²) in [6.45, 7) is 2.04. The van der Waals surface area contributed by atoms with Gasteiger partial charge < -0.3 is 19.6 Å². The number of ether oxygens (including phenoxy) is 1. The molecule has 0 unspecified atom stereocenters. The Bertz CT molecular complexity index is 3320. The maximum Gasteiger partial charge on any atom is 0.314 e. The number of hydrogen-bond acceptors (Lipinski definition) is 11. The van der Waals surface area contributed by atoms with E-state index < -0.39 is 111 Å². The first-order chi connectivity index (χ1) is 35.0. The number of phenolic OH excluding ortho intramolecular Hbond substituents is 1. The number of esters is 1. The Balaban J connectivity index is 0.000000193. The molecule has 5 fully saturated rings. The van der Waals surface area contributed by atoms with Crippen LogP contribution in [0.1, 0.15) is 77.6 Å². The number of hydrogen-bond donors (Lipinski definition) is 1. The lowest BCUT2D eigenvalue weighted by atomic mass is 10.0. The molecule has 5 aromatic rings. The zero-order chi connectivity index (χ0) is 53.4. The van der Waals surface area contributed by atoms with E-state index >= 15 is 4.39 Å². The number of halogens is 7. The van der Waals surface area contributed by atoms with Gasteiger partial charge in [0.1, 0.15) is 27.2 Å². The van der Waals surface area contributed by atoms with E-state index in [4.69, 9.17) is 39.5 Å². The van der Waals surface area contributed by atoms with Crippen LogP contribution in [-0.4, -0.2) is 86.9 Å². The molecule has 2 heterocycles. The third kappa shape index (κ3) is 12.2. The Labute approximate surface area is 437 Å². The van der Waals surface area contributed by atoms with Crippen molar-refractivity contribution >= 4 is 89.3 Å². The van der Waals surface area contributed by atoms with Crippen molar-refractivity contribution < 1.29 is 68.2 Å². The molecule has 5 aliphatic rings. The van der Waals surface area contributed by atoms with Crippen molar-refractivity contribution in [2.24, 2.45) is 17.8 Å². The van der Waals surface area contributed by atoms with Gasteiger partial charge in [-0.25, -0.2) is 34.4 Å². The van der Waals surface area contributed by atoms with Crippen molar-refractivity contribution in [1.82, 2.24) is 9.80 Å². The number of anilines is 1.